The number of methoxy groups -OCH3 is 1. The first-order valence-corrected chi connectivity index (χ1v) is 13.6. The Labute approximate surface area is 221 Å². The van der Waals surface area contributed by atoms with Crippen molar-refractivity contribution in [2.75, 3.05) is 32.5 Å². The van der Waals surface area contributed by atoms with Crippen LogP contribution in [0.5, 0.6) is 5.75 Å². The summed E-state index contributed by atoms with van der Waals surface area (Å²) < 4.78 is 20.9. The molecular weight excluding hydrogens is 499 g/mol. The Balaban J connectivity index is 1.38. The van der Waals surface area contributed by atoms with Crippen LogP contribution in [0.25, 0.3) is 10.9 Å². The van der Waals surface area contributed by atoms with Gasteiger partial charge in [0, 0.05) is 34.3 Å². The topological polar surface area (TPSA) is 62.7 Å². The minimum Gasteiger partial charge on any atom is -0.497 e. The van der Waals surface area contributed by atoms with E-state index in [1.54, 1.807) is 25.3 Å². The molecule has 0 spiro atoms. The van der Waals surface area contributed by atoms with E-state index in [0.29, 0.717) is 48.1 Å². The number of carbonyl (C=O) groups is 1. The molecule has 0 radical (unpaired) electrons. The largest absolute Gasteiger partial charge is 0.497 e. The van der Waals surface area contributed by atoms with Crippen molar-refractivity contribution in [3.8, 4) is 5.75 Å². The summed E-state index contributed by atoms with van der Waals surface area (Å²) in [7, 11) is 1.55. The van der Waals surface area contributed by atoms with E-state index in [1.165, 1.54) is 16.7 Å². The van der Waals surface area contributed by atoms with Gasteiger partial charge in [-0.25, -0.2) is 4.39 Å². The highest BCUT2D eigenvalue weighted by Gasteiger charge is 2.41. The number of aryl methyl sites for hydroxylation is 1. The summed E-state index contributed by atoms with van der Waals surface area (Å²) in [6.45, 7) is 4.42. The Morgan fingerprint density at radius 3 is 2.72 bits per heavy atom. The molecule has 1 atom stereocenters. The molecule has 8 heteroatoms. The molecule has 2 heterocycles. The number of thioether (sulfide) groups is 1. The zero-order valence-corrected chi connectivity index (χ0v) is 22.2. The highest BCUT2D eigenvalue weighted by molar-refractivity contribution is 7.99. The maximum Gasteiger partial charge on any atom is 0.309 e. The third-order valence-corrected chi connectivity index (χ3v) is 8.74. The van der Waals surface area contributed by atoms with Gasteiger partial charge in [-0.05, 0) is 75.5 Å². The smallest absolute Gasteiger partial charge is 0.309 e. The maximum absolute atomic E-state index is 15.6. The van der Waals surface area contributed by atoms with Crippen molar-refractivity contribution in [3.63, 3.8) is 0 Å². The first kappa shape index (κ1) is 26.7. The van der Waals surface area contributed by atoms with Gasteiger partial charge >= 0.3 is 5.97 Å². The Morgan fingerprint density at radius 2 is 2.03 bits per heavy atom. The summed E-state index contributed by atoms with van der Waals surface area (Å²) in [5.74, 6) is 0.708. The van der Waals surface area contributed by atoms with E-state index in [2.05, 4.69) is 28.9 Å². The number of halogens is 2. The third kappa shape index (κ3) is 5.96. The molecule has 0 amide bonds. The van der Waals surface area contributed by atoms with Crippen molar-refractivity contribution in [3.05, 3.63) is 64.8 Å². The summed E-state index contributed by atoms with van der Waals surface area (Å²) >= 11 is 8.20. The van der Waals surface area contributed by atoms with Crippen molar-refractivity contribution in [2.45, 2.75) is 43.7 Å². The molecule has 0 unspecified atom stereocenters. The van der Waals surface area contributed by atoms with Gasteiger partial charge in [0.1, 0.15) is 11.9 Å². The first-order chi connectivity index (χ1) is 17.3. The van der Waals surface area contributed by atoms with Gasteiger partial charge in [-0.1, -0.05) is 29.8 Å². The summed E-state index contributed by atoms with van der Waals surface area (Å²) in [6, 6.07) is 13.6. The number of likely N-dealkylation sites (tertiary alicyclic amines) is 1. The Hall–Kier alpha value is -2.35. The number of carboxylic acid groups (broad SMARTS) is 1. The molecular formula is C28H32ClFN2O3S. The second-order valence-electron chi connectivity index (χ2n) is 9.45. The summed E-state index contributed by atoms with van der Waals surface area (Å²) in [5.41, 5.74) is 1.33. The molecule has 0 bridgehead atoms. The molecule has 36 heavy (non-hydrogen) atoms. The highest BCUT2D eigenvalue weighted by Crippen LogP contribution is 2.42. The molecule has 5 nitrogen and oxygen atoms in total. The third-order valence-electron chi connectivity index (χ3n) is 7.28. The van der Waals surface area contributed by atoms with Gasteiger partial charge in [0.05, 0.1) is 23.1 Å². The number of alkyl halides is 1. The Morgan fingerprint density at radius 1 is 1.28 bits per heavy atom. The summed E-state index contributed by atoms with van der Waals surface area (Å²) in [4.78, 5) is 20.2. The zero-order valence-electron chi connectivity index (χ0n) is 20.7. The van der Waals surface area contributed by atoms with Gasteiger partial charge < -0.3 is 14.7 Å². The molecule has 1 saturated heterocycles. The lowest BCUT2D eigenvalue weighted by molar-refractivity contribution is -0.153. The average Bonchev–Trinajstić information content (AvgIpc) is 2.88. The first-order valence-electron chi connectivity index (χ1n) is 12.2. The monoisotopic (exact) mass is 530 g/mol. The van der Waals surface area contributed by atoms with Crippen LogP contribution in [-0.4, -0.2) is 53.5 Å². The van der Waals surface area contributed by atoms with Crippen molar-refractivity contribution in [2.24, 2.45) is 5.41 Å². The van der Waals surface area contributed by atoms with Crippen LogP contribution >= 0.6 is 23.4 Å². The predicted molar refractivity (Wildman–Crippen MR) is 144 cm³/mol. The second kappa shape index (κ2) is 11.8. The molecule has 1 aromatic heterocycles. The number of fused-ring (bicyclic) bond motifs is 1. The lowest BCUT2D eigenvalue weighted by atomic mass is 9.74. The SMILES string of the molecule is COc1ccc2ncc(Cl)c([C@@H](F)CCC3(C(=O)O)CCN(CCSc4ccccc4C)CC3)c2c1. The van der Waals surface area contributed by atoms with Crippen LogP contribution in [0.1, 0.15) is 43.0 Å². The standard InChI is InChI=1S/C28H32ClFN2O3S/c1-19-5-3-4-6-25(19)36-16-15-32-13-11-28(12-14-32,27(33)34)10-9-23(30)26-21-17-20(35-2)7-8-24(21)31-18-22(26)29/h3-8,17-18,23H,9-16H2,1-2H3,(H,33,34)/t23-/m0/s1. The molecule has 3 aromatic rings. The van der Waals surface area contributed by atoms with E-state index in [0.717, 1.165) is 12.3 Å². The van der Waals surface area contributed by atoms with Crippen LogP contribution in [0, 0.1) is 12.3 Å². The number of aromatic nitrogens is 1. The maximum atomic E-state index is 15.6. The number of ether oxygens (including phenoxy) is 1. The van der Waals surface area contributed by atoms with Gasteiger partial charge in [0.2, 0.25) is 0 Å². The minimum atomic E-state index is -1.39. The lowest BCUT2D eigenvalue weighted by Crippen LogP contribution is -2.45. The number of piperidine rings is 1. The van der Waals surface area contributed by atoms with E-state index in [-0.39, 0.29) is 17.9 Å². The number of benzene rings is 2. The van der Waals surface area contributed by atoms with Gasteiger partial charge in [-0.2, -0.15) is 0 Å². The molecule has 192 valence electrons. The fourth-order valence-corrected chi connectivity index (χ4v) is 6.25. The summed E-state index contributed by atoms with van der Waals surface area (Å²) in [6.07, 6.45) is 1.45. The number of nitrogens with zero attached hydrogens (tertiary/aromatic N) is 2. The van der Waals surface area contributed by atoms with E-state index < -0.39 is 17.6 Å². The van der Waals surface area contributed by atoms with Crippen LogP contribution in [-0.2, 0) is 4.79 Å². The highest BCUT2D eigenvalue weighted by atomic mass is 35.5. The number of carboxylic acids is 1. The molecule has 4 rings (SSSR count). The van der Waals surface area contributed by atoms with Crippen LogP contribution < -0.4 is 4.74 Å². The van der Waals surface area contributed by atoms with Crippen molar-refractivity contribution in [1.29, 1.82) is 0 Å². The van der Waals surface area contributed by atoms with E-state index in [9.17, 15) is 9.90 Å². The predicted octanol–water partition coefficient (Wildman–Crippen LogP) is 6.96. The fourth-order valence-electron chi connectivity index (χ4n) is 4.94. The summed E-state index contributed by atoms with van der Waals surface area (Å²) in [5, 5.41) is 11.0. The lowest BCUT2D eigenvalue weighted by Gasteiger charge is -2.39. The van der Waals surface area contributed by atoms with Gasteiger partial charge in [-0.3, -0.25) is 9.78 Å². The van der Waals surface area contributed by atoms with Crippen LogP contribution in [0.15, 0.2) is 53.6 Å². The minimum absolute atomic E-state index is 0.0888. The quantitative estimate of drug-likeness (QED) is 0.286. The number of hydrogen-bond acceptors (Lipinski definition) is 5. The van der Waals surface area contributed by atoms with E-state index in [1.807, 2.05) is 23.9 Å². The van der Waals surface area contributed by atoms with E-state index in [4.69, 9.17) is 16.3 Å². The molecule has 0 aliphatic carbocycles. The van der Waals surface area contributed by atoms with Gasteiger partial charge in [-0.15, -0.1) is 11.8 Å². The number of hydrogen-bond donors (Lipinski definition) is 1. The van der Waals surface area contributed by atoms with Crippen LogP contribution in [0.3, 0.4) is 0 Å². The number of pyridine rings is 1. The van der Waals surface area contributed by atoms with Gasteiger partial charge in [0.15, 0.2) is 0 Å². The van der Waals surface area contributed by atoms with Crippen LogP contribution in [0.4, 0.5) is 4.39 Å². The second-order valence-corrected chi connectivity index (χ2v) is 11.0. The fraction of sp³-hybridized carbons (Fsp3) is 0.429. The molecule has 1 fully saturated rings. The van der Waals surface area contributed by atoms with Crippen LogP contribution in [0.2, 0.25) is 5.02 Å². The van der Waals surface area contributed by atoms with E-state index >= 15 is 4.39 Å². The molecule has 1 N–H and O–H groups in total. The molecule has 0 saturated carbocycles. The van der Waals surface area contributed by atoms with Crippen molar-refractivity contribution in [1.82, 2.24) is 9.88 Å². The van der Waals surface area contributed by atoms with Gasteiger partial charge in [0.25, 0.3) is 0 Å². The molecule has 1 aliphatic heterocycles. The normalized spacial score (nSPS) is 16.7. The average molecular weight is 531 g/mol. The Bertz CT molecular complexity index is 1220. The van der Waals surface area contributed by atoms with Crippen molar-refractivity contribution < 1.29 is 19.0 Å². The Kier molecular flexibility index (Phi) is 8.75. The molecule has 1 aliphatic rings. The van der Waals surface area contributed by atoms with Crippen molar-refractivity contribution >= 4 is 40.2 Å². The number of aliphatic carboxylic acids is 1. The zero-order chi connectivity index (χ0) is 25.7. The molecule has 2 aromatic carbocycles. The number of rotatable bonds is 10.